The van der Waals surface area contributed by atoms with Crippen LogP contribution in [0.25, 0.3) is 0 Å². The number of thioether (sulfide) groups is 1. The van der Waals surface area contributed by atoms with E-state index >= 15 is 0 Å². The summed E-state index contributed by atoms with van der Waals surface area (Å²) in [4.78, 5) is 23.5. The summed E-state index contributed by atoms with van der Waals surface area (Å²) in [7, 11) is 0. The number of hydrogen-bond donors (Lipinski definition) is 1. The van der Waals surface area contributed by atoms with Crippen molar-refractivity contribution in [1.82, 2.24) is 15.5 Å². The third-order valence-electron chi connectivity index (χ3n) is 7.04. The first-order valence-corrected chi connectivity index (χ1v) is 11.8. The van der Waals surface area contributed by atoms with Crippen LogP contribution in [0, 0.1) is 17.8 Å². The van der Waals surface area contributed by atoms with Gasteiger partial charge in [0.2, 0.25) is 11.8 Å². The summed E-state index contributed by atoms with van der Waals surface area (Å²) in [5.74, 6) is 3.52. The Kier molecular flexibility index (Phi) is 5.17. The van der Waals surface area contributed by atoms with E-state index in [1.54, 1.807) is 12.1 Å². The minimum atomic E-state index is -0.0703. The molecule has 4 fully saturated rings. The molecule has 0 radical (unpaired) electrons. The lowest BCUT2D eigenvalue weighted by Gasteiger charge is -2.55. The lowest BCUT2D eigenvalue weighted by Crippen LogP contribution is -2.48. The van der Waals surface area contributed by atoms with E-state index in [2.05, 4.69) is 15.5 Å². The first kappa shape index (κ1) is 19.8. The van der Waals surface area contributed by atoms with E-state index < -0.39 is 0 Å². The highest BCUT2D eigenvalue weighted by molar-refractivity contribution is 7.99. The van der Waals surface area contributed by atoms with Crippen molar-refractivity contribution in [3.63, 3.8) is 0 Å². The van der Waals surface area contributed by atoms with Crippen molar-refractivity contribution in [2.75, 3.05) is 5.75 Å². The minimum absolute atomic E-state index is 0.0284. The molecule has 6 nitrogen and oxygen atoms in total. The fourth-order valence-corrected chi connectivity index (χ4v) is 6.76. The number of rotatable bonds is 7. The molecule has 1 aromatic carbocycles. The molecule has 1 heterocycles. The first-order chi connectivity index (χ1) is 14.5. The standard InChI is InChI=1S/C23H27N3O3S/c1-14(27)24-12-15-2-4-19(5-3-15)20(28)13-30-22-26-25-21(29-22)23-9-16-6-17(10-23)8-18(7-16)11-23/h2-5,16-18H,6-13H2,1H3,(H,24,27). The van der Waals surface area contributed by atoms with Crippen LogP contribution in [-0.4, -0.2) is 27.6 Å². The topological polar surface area (TPSA) is 85.1 Å². The fraction of sp³-hybridized carbons (Fsp3) is 0.565. The first-order valence-electron chi connectivity index (χ1n) is 10.8. The average Bonchev–Trinajstić information content (AvgIpc) is 3.20. The predicted octanol–water partition coefficient (Wildman–Crippen LogP) is 4.15. The Bertz CT molecular complexity index is 918. The third-order valence-corrected chi connectivity index (χ3v) is 7.86. The van der Waals surface area contributed by atoms with Crippen molar-refractivity contribution >= 4 is 23.5 Å². The van der Waals surface area contributed by atoms with Crippen LogP contribution in [0.5, 0.6) is 0 Å². The zero-order chi connectivity index (χ0) is 20.7. The van der Waals surface area contributed by atoms with Gasteiger partial charge in [-0.15, -0.1) is 10.2 Å². The van der Waals surface area contributed by atoms with Gasteiger partial charge in [-0.2, -0.15) is 0 Å². The lowest BCUT2D eigenvalue weighted by molar-refractivity contribution is -0.119. The maximum atomic E-state index is 12.5. The molecule has 0 spiro atoms. The lowest BCUT2D eigenvalue weighted by atomic mass is 9.49. The number of Topliss-reactive ketones (excluding diaryl/α,β-unsaturated/α-hetero) is 1. The van der Waals surface area contributed by atoms with Crippen molar-refractivity contribution in [2.45, 2.75) is 62.6 Å². The summed E-state index contributed by atoms with van der Waals surface area (Å²) in [6, 6.07) is 7.33. The maximum Gasteiger partial charge on any atom is 0.277 e. The SMILES string of the molecule is CC(=O)NCc1ccc(C(=O)CSc2nnc(C34CC5CC(CC(C5)C3)C4)o2)cc1. The fourth-order valence-electron chi connectivity index (χ4n) is 6.10. The molecule has 7 heteroatoms. The molecule has 0 saturated heterocycles. The van der Waals surface area contributed by atoms with Crippen LogP contribution in [0.3, 0.4) is 0 Å². The number of ketones is 1. The Morgan fingerprint density at radius 3 is 2.30 bits per heavy atom. The van der Waals surface area contributed by atoms with Crippen LogP contribution in [-0.2, 0) is 16.8 Å². The Morgan fingerprint density at radius 2 is 1.70 bits per heavy atom. The summed E-state index contributed by atoms with van der Waals surface area (Å²) in [5, 5.41) is 11.9. The molecule has 6 rings (SSSR count). The summed E-state index contributed by atoms with van der Waals surface area (Å²) in [6.45, 7) is 1.95. The molecule has 4 aliphatic carbocycles. The van der Waals surface area contributed by atoms with Crippen LogP contribution in [0.15, 0.2) is 33.9 Å². The second kappa shape index (κ2) is 7.84. The summed E-state index contributed by atoms with van der Waals surface area (Å²) in [5.41, 5.74) is 1.70. The van der Waals surface area contributed by atoms with E-state index in [1.807, 2.05) is 12.1 Å². The van der Waals surface area contributed by atoms with Crippen LogP contribution in [0.2, 0.25) is 0 Å². The van der Waals surface area contributed by atoms with Gasteiger partial charge in [0, 0.05) is 24.4 Å². The van der Waals surface area contributed by atoms with E-state index in [-0.39, 0.29) is 22.9 Å². The molecular weight excluding hydrogens is 398 g/mol. The highest BCUT2D eigenvalue weighted by Crippen LogP contribution is 2.60. The van der Waals surface area contributed by atoms with Crippen molar-refractivity contribution in [3.8, 4) is 0 Å². The quantitative estimate of drug-likeness (QED) is 0.530. The summed E-state index contributed by atoms with van der Waals surface area (Å²) in [6.07, 6.45) is 7.71. The van der Waals surface area contributed by atoms with Gasteiger partial charge < -0.3 is 9.73 Å². The zero-order valence-electron chi connectivity index (χ0n) is 17.2. The van der Waals surface area contributed by atoms with Gasteiger partial charge in [-0.05, 0) is 61.8 Å². The van der Waals surface area contributed by atoms with Crippen LogP contribution in [0.1, 0.15) is 67.3 Å². The van der Waals surface area contributed by atoms with Gasteiger partial charge in [0.15, 0.2) is 5.78 Å². The maximum absolute atomic E-state index is 12.5. The number of hydrogen-bond acceptors (Lipinski definition) is 6. The van der Waals surface area contributed by atoms with E-state index in [0.29, 0.717) is 17.3 Å². The molecule has 2 aromatic rings. The Morgan fingerprint density at radius 1 is 1.07 bits per heavy atom. The monoisotopic (exact) mass is 425 g/mol. The Hall–Kier alpha value is -2.15. The number of aromatic nitrogens is 2. The number of nitrogens with zero attached hydrogens (tertiary/aromatic N) is 2. The van der Waals surface area contributed by atoms with Crippen molar-refractivity contribution in [2.24, 2.45) is 17.8 Å². The molecule has 4 saturated carbocycles. The highest BCUT2D eigenvalue weighted by Gasteiger charge is 2.54. The van der Waals surface area contributed by atoms with Crippen molar-refractivity contribution in [3.05, 3.63) is 41.3 Å². The van der Waals surface area contributed by atoms with Gasteiger partial charge in [0.05, 0.1) is 5.75 Å². The second-order valence-electron chi connectivity index (χ2n) is 9.39. The minimum Gasteiger partial charge on any atom is -0.415 e. The largest absolute Gasteiger partial charge is 0.415 e. The Balaban J connectivity index is 1.19. The molecular formula is C23H27N3O3S. The number of carbonyl (C=O) groups is 2. The van der Waals surface area contributed by atoms with E-state index in [1.165, 1.54) is 57.2 Å². The van der Waals surface area contributed by atoms with Gasteiger partial charge in [-0.1, -0.05) is 36.0 Å². The van der Waals surface area contributed by atoms with Gasteiger partial charge >= 0.3 is 0 Å². The van der Waals surface area contributed by atoms with Crippen LogP contribution >= 0.6 is 11.8 Å². The molecule has 1 amide bonds. The molecule has 1 N–H and O–H groups in total. The van der Waals surface area contributed by atoms with Gasteiger partial charge in [0.25, 0.3) is 5.22 Å². The van der Waals surface area contributed by atoms with Crippen LogP contribution in [0.4, 0.5) is 0 Å². The van der Waals surface area contributed by atoms with Crippen molar-refractivity contribution < 1.29 is 14.0 Å². The second-order valence-corrected chi connectivity index (χ2v) is 10.3. The number of nitrogens with one attached hydrogen (secondary N) is 1. The van der Waals surface area contributed by atoms with E-state index in [0.717, 1.165) is 29.2 Å². The number of carbonyl (C=O) groups excluding carboxylic acids is 2. The molecule has 0 aliphatic heterocycles. The average molecular weight is 426 g/mol. The molecule has 4 aliphatic rings. The number of amides is 1. The summed E-state index contributed by atoms with van der Waals surface area (Å²) >= 11 is 1.32. The van der Waals surface area contributed by atoms with Gasteiger partial charge in [0.1, 0.15) is 0 Å². The van der Waals surface area contributed by atoms with E-state index in [9.17, 15) is 9.59 Å². The highest BCUT2D eigenvalue weighted by atomic mass is 32.2. The third kappa shape index (κ3) is 3.92. The summed E-state index contributed by atoms with van der Waals surface area (Å²) < 4.78 is 6.08. The molecule has 1 aromatic heterocycles. The predicted molar refractivity (Wildman–Crippen MR) is 113 cm³/mol. The normalized spacial score (nSPS) is 29.2. The molecule has 0 atom stereocenters. The van der Waals surface area contributed by atoms with Crippen molar-refractivity contribution in [1.29, 1.82) is 0 Å². The smallest absolute Gasteiger partial charge is 0.277 e. The molecule has 30 heavy (non-hydrogen) atoms. The molecule has 0 unspecified atom stereocenters. The van der Waals surface area contributed by atoms with Gasteiger partial charge in [-0.25, -0.2) is 0 Å². The van der Waals surface area contributed by atoms with E-state index in [4.69, 9.17) is 4.42 Å². The molecule has 4 bridgehead atoms. The number of benzene rings is 1. The van der Waals surface area contributed by atoms with Crippen LogP contribution < -0.4 is 5.32 Å². The van der Waals surface area contributed by atoms with Gasteiger partial charge in [-0.3, -0.25) is 9.59 Å². The zero-order valence-corrected chi connectivity index (χ0v) is 18.0. The molecule has 158 valence electrons. The Labute approximate surface area is 180 Å².